The lowest BCUT2D eigenvalue weighted by Gasteiger charge is -2.13. The van der Waals surface area contributed by atoms with Crippen LogP contribution in [0.1, 0.15) is 31.2 Å². The van der Waals surface area contributed by atoms with Crippen LogP contribution < -0.4 is 25.1 Å². The van der Waals surface area contributed by atoms with Crippen molar-refractivity contribution < 1.29 is 23.9 Å². The average Bonchev–Trinajstić information content (AvgIpc) is 3.53. The highest BCUT2D eigenvalue weighted by molar-refractivity contribution is 7.12. The molecule has 4 rings (SSSR count). The van der Waals surface area contributed by atoms with Crippen LogP contribution in [0.3, 0.4) is 0 Å². The first-order valence-corrected chi connectivity index (χ1v) is 13.3. The van der Waals surface area contributed by atoms with E-state index in [-0.39, 0.29) is 11.4 Å². The second-order valence-electron chi connectivity index (χ2n) is 8.84. The van der Waals surface area contributed by atoms with Gasteiger partial charge in [0.15, 0.2) is 11.5 Å². The van der Waals surface area contributed by atoms with Crippen LogP contribution >= 0.6 is 11.3 Å². The van der Waals surface area contributed by atoms with E-state index in [1.807, 2.05) is 43.3 Å². The third kappa shape index (κ3) is 7.90. The second-order valence-corrected chi connectivity index (χ2v) is 9.79. The zero-order valence-corrected chi connectivity index (χ0v) is 23.5. The number of thiophene rings is 1. The molecule has 0 bridgehead atoms. The minimum absolute atomic E-state index is 0.0158. The zero-order valence-electron chi connectivity index (χ0n) is 22.7. The summed E-state index contributed by atoms with van der Waals surface area (Å²) in [6, 6.07) is 24.4. The minimum Gasteiger partial charge on any atom is -0.493 e. The summed E-state index contributed by atoms with van der Waals surface area (Å²) in [5.74, 6) is -0.961. The zero-order chi connectivity index (χ0) is 29.2. The lowest BCUT2D eigenvalue weighted by atomic mass is 10.1. The summed E-state index contributed by atoms with van der Waals surface area (Å²) in [7, 11) is 5.32. The van der Waals surface area contributed by atoms with Gasteiger partial charge in [-0.05, 0) is 71.1 Å². The predicted molar refractivity (Wildman–Crippen MR) is 161 cm³/mol. The molecule has 3 aromatic carbocycles. The Kier molecular flexibility index (Phi) is 9.63. The SMILES string of the molecule is COc1cc(/C=N/NC(=O)/C(=C/c2ccc(N(C)C)cc2)NC(=O)c2ccccc2)ccc1OC(=O)c1cccs1. The number of ether oxygens (including phenoxy) is 2. The average molecular weight is 569 g/mol. The first-order valence-electron chi connectivity index (χ1n) is 12.5. The van der Waals surface area contributed by atoms with Crippen LogP contribution in [0.2, 0.25) is 0 Å². The topological polar surface area (TPSA) is 109 Å². The molecule has 0 aliphatic heterocycles. The first-order chi connectivity index (χ1) is 19.8. The minimum atomic E-state index is -0.615. The van der Waals surface area contributed by atoms with Crippen molar-refractivity contribution in [3.63, 3.8) is 0 Å². The molecule has 0 aliphatic rings. The predicted octanol–water partition coefficient (Wildman–Crippen LogP) is 4.96. The van der Waals surface area contributed by atoms with Crippen molar-refractivity contribution in [2.45, 2.75) is 0 Å². The van der Waals surface area contributed by atoms with Gasteiger partial charge in [-0.3, -0.25) is 9.59 Å². The van der Waals surface area contributed by atoms with Gasteiger partial charge in [-0.25, -0.2) is 10.2 Å². The summed E-state index contributed by atoms with van der Waals surface area (Å²) in [5.41, 5.74) is 5.17. The van der Waals surface area contributed by atoms with Gasteiger partial charge in [-0.2, -0.15) is 5.10 Å². The normalized spacial score (nSPS) is 11.1. The van der Waals surface area contributed by atoms with Gasteiger partial charge >= 0.3 is 5.97 Å². The number of hydrazone groups is 1. The molecule has 208 valence electrons. The van der Waals surface area contributed by atoms with E-state index in [9.17, 15) is 14.4 Å². The van der Waals surface area contributed by atoms with Crippen LogP contribution in [-0.4, -0.2) is 45.2 Å². The molecule has 9 nitrogen and oxygen atoms in total. The fraction of sp³-hybridized carbons (Fsp3) is 0.0968. The fourth-order valence-electron chi connectivity index (χ4n) is 3.60. The van der Waals surface area contributed by atoms with Gasteiger partial charge in [0.2, 0.25) is 0 Å². The summed E-state index contributed by atoms with van der Waals surface area (Å²) in [6.07, 6.45) is 2.98. The Labute approximate surface area is 241 Å². The maximum atomic E-state index is 13.1. The van der Waals surface area contributed by atoms with E-state index in [0.717, 1.165) is 11.3 Å². The largest absolute Gasteiger partial charge is 0.493 e. The summed E-state index contributed by atoms with van der Waals surface area (Å²) in [6.45, 7) is 0. The van der Waals surface area contributed by atoms with E-state index in [1.165, 1.54) is 24.7 Å². The highest BCUT2D eigenvalue weighted by atomic mass is 32.1. The van der Waals surface area contributed by atoms with Crippen LogP contribution in [0.15, 0.2) is 101 Å². The number of anilines is 1. The number of carbonyl (C=O) groups excluding carboxylic acids is 3. The number of nitrogens with zero attached hydrogens (tertiary/aromatic N) is 2. The third-order valence-corrected chi connectivity index (χ3v) is 6.59. The molecule has 0 atom stereocenters. The molecule has 2 N–H and O–H groups in total. The Hall–Kier alpha value is -5.22. The molecule has 0 aliphatic carbocycles. The van der Waals surface area contributed by atoms with Crippen molar-refractivity contribution in [1.82, 2.24) is 10.7 Å². The maximum absolute atomic E-state index is 13.1. The number of hydrogen-bond acceptors (Lipinski definition) is 8. The van der Waals surface area contributed by atoms with Gasteiger partial charge in [0.25, 0.3) is 11.8 Å². The molecule has 4 aromatic rings. The number of esters is 1. The number of carbonyl (C=O) groups is 3. The van der Waals surface area contributed by atoms with Crippen LogP contribution in [-0.2, 0) is 4.79 Å². The number of amides is 2. The fourth-order valence-corrected chi connectivity index (χ4v) is 4.20. The summed E-state index contributed by atoms with van der Waals surface area (Å²) in [5, 5.41) is 8.51. The van der Waals surface area contributed by atoms with E-state index in [1.54, 1.807) is 72.1 Å². The van der Waals surface area contributed by atoms with Gasteiger partial charge < -0.3 is 19.7 Å². The molecule has 0 radical (unpaired) electrons. The second kappa shape index (κ2) is 13.7. The van der Waals surface area contributed by atoms with Gasteiger partial charge in [0.05, 0.1) is 13.3 Å². The van der Waals surface area contributed by atoms with E-state index in [4.69, 9.17) is 9.47 Å². The Morgan fingerprint density at radius 1 is 0.878 bits per heavy atom. The molecule has 1 heterocycles. The molecule has 0 unspecified atom stereocenters. The van der Waals surface area contributed by atoms with Crippen LogP contribution in [0.5, 0.6) is 11.5 Å². The van der Waals surface area contributed by atoms with Gasteiger partial charge in [-0.15, -0.1) is 11.3 Å². The molecule has 0 fully saturated rings. The molecule has 1 aromatic heterocycles. The van der Waals surface area contributed by atoms with E-state index < -0.39 is 17.8 Å². The van der Waals surface area contributed by atoms with Crippen LogP contribution in [0, 0.1) is 0 Å². The Balaban J connectivity index is 1.49. The van der Waals surface area contributed by atoms with E-state index in [2.05, 4.69) is 15.8 Å². The van der Waals surface area contributed by atoms with Gasteiger partial charge in [-0.1, -0.05) is 36.4 Å². The van der Waals surface area contributed by atoms with Crippen molar-refractivity contribution in [3.05, 3.63) is 118 Å². The number of nitrogens with one attached hydrogen (secondary N) is 2. The molecular formula is C31H28N4O5S. The molecule has 41 heavy (non-hydrogen) atoms. The highest BCUT2D eigenvalue weighted by Crippen LogP contribution is 2.29. The molecule has 0 saturated carbocycles. The lowest BCUT2D eigenvalue weighted by Crippen LogP contribution is -2.32. The quantitative estimate of drug-likeness (QED) is 0.0920. The van der Waals surface area contributed by atoms with E-state index >= 15 is 0 Å². The Morgan fingerprint density at radius 2 is 1.61 bits per heavy atom. The van der Waals surface area contributed by atoms with E-state index in [0.29, 0.717) is 21.8 Å². The van der Waals surface area contributed by atoms with Crippen LogP contribution in [0.25, 0.3) is 6.08 Å². The maximum Gasteiger partial charge on any atom is 0.353 e. The van der Waals surface area contributed by atoms with Crippen molar-refractivity contribution in [2.24, 2.45) is 5.10 Å². The molecular weight excluding hydrogens is 540 g/mol. The number of hydrogen-bond donors (Lipinski definition) is 2. The number of rotatable bonds is 10. The number of benzene rings is 3. The van der Waals surface area contributed by atoms with Crippen molar-refractivity contribution >= 4 is 47.1 Å². The molecule has 10 heteroatoms. The number of methoxy groups -OCH3 is 1. The van der Waals surface area contributed by atoms with Crippen molar-refractivity contribution in [2.75, 3.05) is 26.1 Å². The van der Waals surface area contributed by atoms with Crippen molar-refractivity contribution in [3.8, 4) is 11.5 Å². The summed E-state index contributed by atoms with van der Waals surface area (Å²) >= 11 is 1.28. The monoisotopic (exact) mass is 568 g/mol. The molecule has 0 saturated heterocycles. The van der Waals surface area contributed by atoms with Crippen molar-refractivity contribution in [1.29, 1.82) is 0 Å². The first kappa shape index (κ1) is 28.8. The highest BCUT2D eigenvalue weighted by Gasteiger charge is 2.15. The lowest BCUT2D eigenvalue weighted by molar-refractivity contribution is -0.117. The van der Waals surface area contributed by atoms with Gasteiger partial charge in [0, 0.05) is 25.3 Å². The summed E-state index contributed by atoms with van der Waals surface area (Å²) in [4.78, 5) is 40.6. The Morgan fingerprint density at radius 3 is 2.27 bits per heavy atom. The molecule has 0 spiro atoms. The standard InChI is InChI=1S/C31H28N4O5S/c1-35(2)24-14-11-21(12-15-24)18-25(33-29(36)23-8-5-4-6-9-23)30(37)34-32-20-22-13-16-26(27(19-22)39-3)40-31(38)28-10-7-17-41-28/h4-20H,1-3H3,(H,33,36)(H,34,37)/b25-18-,32-20+. The molecule has 2 amide bonds. The smallest absolute Gasteiger partial charge is 0.353 e. The van der Waals surface area contributed by atoms with Gasteiger partial charge in [0.1, 0.15) is 10.6 Å². The Bertz CT molecular complexity index is 1560. The third-order valence-electron chi connectivity index (χ3n) is 5.74. The van der Waals surface area contributed by atoms with Crippen LogP contribution in [0.4, 0.5) is 5.69 Å². The summed E-state index contributed by atoms with van der Waals surface area (Å²) < 4.78 is 10.8.